The molecule has 1 fully saturated rings. The van der Waals surface area contributed by atoms with Gasteiger partial charge in [0, 0.05) is 11.3 Å². The van der Waals surface area contributed by atoms with Crippen molar-refractivity contribution in [1.29, 1.82) is 0 Å². The molecule has 3 aromatic rings. The second-order valence-electron chi connectivity index (χ2n) is 8.17. The molecule has 0 bridgehead atoms. The van der Waals surface area contributed by atoms with Crippen molar-refractivity contribution in [3.05, 3.63) is 99.9 Å². The van der Waals surface area contributed by atoms with E-state index in [0.717, 1.165) is 11.1 Å². The summed E-state index contributed by atoms with van der Waals surface area (Å²) in [5.74, 6) is -1.66. The van der Waals surface area contributed by atoms with Crippen LogP contribution in [0, 0.1) is 26.6 Å². The van der Waals surface area contributed by atoms with E-state index in [9.17, 15) is 19.1 Å². The van der Waals surface area contributed by atoms with Gasteiger partial charge in [-0.15, -0.1) is 0 Å². The lowest BCUT2D eigenvalue weighted by molar-refractivity contribution is -0.132. The normalized spacial score (nSPS) is 17.5. The molecule has 1 aliphatic rings. The van der Waals surface area contributed by atoms with Gasteiger partial charge in [-0.05, 0) is 85.5 Å². The molecule has 0 saturated carbocycles. The van der Waals surface area contributed by atoms with Crippen molar-refractivity contribution in [3.63, 3.8) is 0 Å². The fraction of sp³-hybridized carbons (Fsp3) is 0.185. The lowest BCUT2D eigenvalue weighted by Crippen LogP contribution is -2.29. The Morgan fingerprint density at radius 2 is 1.61 bits per heavy atom. The first-order chi connectivity index (χ1) is 15.7. The van der Waals surface area contributed by atoms with Crippen molar-refractivity contribution in [2.24, 2.45) is 0 Å². The number of ether oxygens (including phenoxy) is 1. The third-order valence-electron chi connectivity index (χ3n) is 6.09. The average molecular weight is 445 g/mol. The maximum absolute atomic E-state index is 13.7. The monoisotopic (exact) mass is 445 g/mol. The van der Waals surface area contributed by atoms with Gasteiger partial charge in [-0.2, -0.15) is 0 Å². The van der Waals surface area contributed by atoms with Gasteiger partial charge < -0.3 is 9.84 Å². The van der Waals surface area contributed by atoms with Crippen molar-refractivity contribution in [3.8, 4) is 5.75 Å². The van der Waals surface area contributed by atoms with Crippen LogP contribution in [-0.4, -0.2) is 23.9 Å². The first-order valence-corrected chi connectivity index (χ1v) is 10.5. The van der Waals surface area contributed by atoms with E-state index in [0.29, 0.717) is 28.1 Å². The van der Waals surface area contributed by atoms with E-state index in [-0.39, 0.29) is 11.3 Å². The number of aliphatic hydroxyl groups is 1. The van der Waals surface area contributed by atoms with Crippen molar-refractivity contribution in [2.45, 2.75) is 26.8 Å². The number of methoxy groups -OCH3 is 1. The minimum atomic E-state index is -0.908. The van der Waals surface area contributed by atoms with E-state index in [1.54, 1.807) is 31.2 Å². The number of carbonyl (C=O) groups excluding carboxylic acids is 2. The smallest absolute Gasteiger partial charge is 0.300 e. The van der Waals surface area contributed by atoms with Crippen LogP contribution in [0.1, 0.15) is 33.9 Å². The van der Waals surface area contributed by atoms with E-state index < -0.39 is 23.5 Å². The number of anilines is 1. The number of aliphatic hydroxyl groups excluding tert-OH is 1. The Morgan fingerprint density at radius 1 is 0.909 bits per heavy atom. The van der Waals surface area contributed by atoms with E-state index in [4.69, 9.17) is 4.74 Å². The van der Waals surface area contributed by atoms with Gasteiger partial charge in [0.05, 0.1) is 18.7 Å². The summed E-state index contributed by atoms with van der Waals surface area (Å²) in [7, 11) is 1.54. The molecular formula is C27H24FNO4. The summed E-state index contributed by atoms with van der Waals surface area (Å²) in [5, 5.41) is 11.3. The predicted octanol–water partition coefficient (Wildman–Crippen LogP) is 5.39. The second kappa shape index (κ2) is 8.54. The zero-order valence-electron chi connectivity index (χ0n) is 18.8. The number of benzene rings is 3. The van der Waals surface area contributed by atoms with Crippen LogP contribution in [0.4, 0.5) is 10.1 Å². The number of aryl methyl sites for hydroxylation is 3. The van der Waals surface area contributed by atoms with Crippen LogP contribution in [-0.2, 0) is 9.59 Å². The van der Waals surface area contributed by atoms with Crippen molar-refractivity contribution in [1.82, 2.24) is 0 Å². The second-order valence-corrected chi connectivity index (χ2v) is 8.17. The summed E-state index contributed by atoms with van der Waals surface area (Å²) in [6, 6.07) is 15.2. The van der Waals surface area contributed by atoms with Gasteiger partial charge in [0.25, 0.3) is 11.7 Å². The third-order valence-corrected chi connectivity index (χ3v) is 6.09. The van der Waals surface area contributed by atoms with Crippen LogP contribution in [0.5, 0.6) is 5.75 Å². The standard InChI is InChI=1S/C27H24FNO4/c1-15-5-10-20(13-16(15)2)29-24(18-6-8-19(28)9-7-18)23(26(31)27(29)32)25(30)22-12-11-21(33-4)14-17(22)3/h5-14,24,30H,1-4H3/b25-23-. The fourth-order valence-electron chi connectivity index (χ4n) is 4.11. The molecule has 1 saturated heterocycles. The van der Waals surface area contributed by atoms with Crippen molar-refractivity contribution >= 4 is 23.1 Å². The highest BCUT2D eigenvalue weighted by Crippen LogP contribution is 2.43. The van der Waals surface area contributed by atoms with Gasteiger partial charge in [0.2, 0.25) is 0 Å². The Hall–Kier alpha value is -3.93. The van der Waals surface area contributed by atoms with Gasteiger partial charge in [-0.1, -0.05) is 18.2 Å². The zero-order valence-corrected chi connectivity index (χ0v) is 18.8. The Kier molecular flexibility index (Phi) is 5.77. The van der Waals surface area contributed by atoms with E-state index >= 15 is 0 Å². The number of amides is 1. The van der Waals surface area contributed by atoms with Gasteiger partial charge in [-0.25, -0.2) is 4.39 Å². The maximum Gasteiger partial charge on any atom is 0.300 e. The summed E-state index contributed by atoms with van der Waals surface area (Å²) in [5.41, 5.74) is 4.10. The van der Waals surface area contributed by atoms with Gasteiger partial charge in [-0.3, -0.25) is 14.5 Å². The molecule has 4 rings (SSSR count). The number of hydrogen-bond acceptors (Lipinski definition) is 4. The van der Waals surface area contributed by atoms with Crippen LogP contribution in [0.25, 0.3) is 5.76 Å². The Morgan fingerprint density at radius 3 is 2.21 bits per heavy atom. The summed E-state index contributed by atoms with van der Waals surface area (Å²) >= 11 is 0. The van der Waals surface area contributed by atoms with E-state index in [2.05, 4.69) is 0 Å². The van der Waals surface area contributed by atoms with E-state index in [1.807, 2.05) is 26.0 Å². The molecule has 3 aromatic carbocycles. The highest BCUT2D eigenvalue weighted by atomic mass is 19.1. The molecule has 1 N–H and O–H groups in total. The maximum atomic E-state index is 13.7. The van der Waals surface area contributed by atoms with Crippen LogP contribution >= 0.6 is 0 Å². The highest BCUT2D eigenvalue weighted by Gasteiger charge is 2.47. The minimum Gasteiger partial charge on any atom is -0.507 e. The van der Waals surface area contributed by atoms with Crippen LogP contribution in [0.3, 0.4) is 0 Å². The molecule has 0 aliphatic carbocycles. The predicted molar refractivity (Wildman–Crippen MR) is 125 cm³/mol. The SMILES string of the molecule is COc1ccc(/C(O)=C2/C(=O)C(=O)N(c3ccc(C)c(C)c3)C2c2ccc(F)cc2)c(C)c1. The average Bonchev–Trinajstić information content (AvgIpc) is 3.06. The number of nitrogens with zero attached hydrogens (tertiary/aromatic N) is 1. The largest absolute Gasteiger partial charge is 0.507 e. The summed E-state index contributed by atoms with van der Waals surface area (Å²) in [6.45, 7) is 5.66. The molecule has 1 unspecified atom stereocenters. The van der Waals surface area contributed by atoms with Gasteiger partial charge in [0.15, 0.2) is 0 Å². The van der Waals surface area contributed by atoms with Gasteiger partial charge >= 0.3 is 0 Å². The molecule has 0 spiro atoms. The molecule has 33 heavy (non-hydrogen) atoms. The first-order valence-electron chi connectivity index (χ1n) is 10.5. The Bertz CT molecular complexity index is 1290. The van der Waals surface area contributed by atoms with Crippen LogP contribution < -0.4 is 9.64 Å². The third kappa shape index (κ3) is 3.89. The van der Waals surface area contributed by atoms with Gasteiger partial charge in [0.1, 0.15) is 17.3 Å². The molecule has 1 heterocycles. The molecule has 168 valence electrons. The molecule has 1 aliphatic heterocycles. The lowest BCUT2D eigenvalue weighted by atomic mass is 9.93. The molecule has 0 aromatic heterocycles. The van der Waals surface area contributed by atoms with Crippen molar-refractivity contribution < 1.29 is 23.8 Å². The Labute approximate surface area is 191 Å². The number of hydrogen-bond donors (Lipinski definition) is 1. The van der Waals surface area contributed by atoms with Crippen LogP contribution in [0.2, 0.25) is 0 Å². The topological polar surface area (TPSA) is 66.8 Å². The summed E-state index contributed by atoms with van der Waals surface area (Å²) < 4.78 is 18.9. The Balaban J connectivity index is 1.96. The summed E-state index contributed by atoms with van der Waals surface area (Å²) in [6.07, 6.45) is 0. The highest BCUT2D eigenvalue weighted by molar-refractivity contribution is 6.51. The molecule has 5 nitrogen and oxygen atoms in total. The molecule has 1 amide bonds. The van der Waals surface area contributed by atoms with Crippen LogP contribution in [0.15, 0.2) is 66.2 Å². The molecular weight excluding hydrogens is 421 g/mol. The fourth-order valence-corrected chi connectivity index (χ4v) is 4.11. The zero-order chi connectivity index (χ0) is 23.9. The lowest BCUT2D eigenvalue weighted by Gasteiger charge is -2.26. The summed E-state index contributed by atoms with van der Waals surface area (Å²) in [4.78, 5) is 27.8. The molecule has 1 atom stereocenters. The first kappa shape index (κ1) is 22.3. The number of ketones is 1. The molecule has 6 heteroatoms. The van der Waals surface area contributed by atoms with E-state index in [1.165, 1.54) is 36.3 Å². The number of carbonyl (C=O) groups is 2. The molecule has 0 radical (unpaired) electrons. The van der Waals surface area contributed by atoms with Crippen molar-refractivity contribution in [2.75, 3.05) is 12.0 Å². The quantitative estimate of drug-likeness (QED) is 0.332. The number of halogens is 1. The minimum absolute atomic E-state index is 0.0434. The number of rotatable bonds is 4. The number of Topliss-reactive ketones (excluding diaryl/α,β-unsaturated/α-hetero) is 1.